The van der Waals surface area contributed by atoms with Gasteiger partial charge >= 0.3 is 6.03 Å². The minimum atomic E-state index is -0.236. The zero-order valence-electron chi connectivity index (χ0n) is 11.0. The van der Waals surface area contributed by atoms with Crippen LogP contribution in [0.5, 0.6) is 0 Å². The van der Waals surface area contributed by atoms with Gasteiger partial charge in [0.2, 0.25) is 5.91 Å². The molecule has 0 aromatic carbocycles. The summed E-state index contributed by atoms with van der Waals surface area (Å²) in [4.78, 5) is 25.0. The molecule has 3 amide bonds. The normalized spacial score (nSPS) is 32.8. The number of nitrogens with zero attached hydrogens (tertiary/aromatic N) is 1. The number of hydrogen-bond acceptors (Lipinski definition) is 3. The lowest BCUT2D eigenvalue weighted by atomic mass is 9.76. The van der Waals surface area contributed by atoms with E-state index < -0.39 is 0 Å². The first-order valence-electron chi connectivity index (χ1n) is 6.97. The predicted octanol–water partition coefficient (Wildman–Crippen LogP) is 1.08. The molecule has 0 bridgehead atoms. The fourth-order valence-corrected chi connectivity index (χ4v) is 3.33. The average molecular weight is 253 g/mol. The van der Waals surface area contributed by atoms with E-state index in [2.05, 4.69) is 12.2 Å². The summed E-state index contributed by atoms with van der Waals surface area (Å²) in [5, 5.41) is 2.60. The van der Waals surface area contributed by atoms with E-state index in [1.54, 1.807) is 0 Å². The maximum absolute atomic E-state index is 11.8. The summed E-state index contributed by atoms with van der Waals surface area (Å²) in [5.41, 5.74) is 5.80. The zero-order valence-corrected chi connectivity index (χ0v) is 11.0. The highest BCUT2D eigenvalue weighted by atomic mass is 16.2. The minimum absolute atomic E-state index is 0.00954. The maximum atomic E-state index is 11.8. The van der Waals surface area contributed by atoms with E-state index in [0.29, 0.717) is 12.5 Å². The number of carbonyl (C=O) groups is 2. The molecule has 1 aliphatic heterocycles. The molecule has 2 rings (SSSR count). The van der Waals surface area contributed by atoms with Crippen molar-refractivity contribution in [2.24, 2.45) is 17.6 Å². The standard InChI is InChI=1S/C13H23N3O2/c1-2-3-9-4-5-10(7-14)11(6-9)16-12(17)8-15-13(16)18/h9-11H,2-8,14H2,1H3,(H,15,18). The molecule has 3 unspecified atom stereocenters. The Labute approximate surface area is 108 Å². The van der Waals surface area contributed by atoms with Crippen LogP contribution in [0.4, 0.5) is 4.79 Å². The second-order valence-electron chi connectivity index (χ2n) is 5.45. The molecule has 0 spiro atoms. The third kappa shape index (κ3) is 2.51. The number of imide groups is 1. The van der Waals surface area contributed by atoms with E-state index >= 15 is 0 Å². The Morgan fingerprint density at radius 1 is 1.39 bits per heavy atom. The molecule has 1 saturated carbocycles. The Morgan fingerprint density at radius 2 is 2.17 bits per heavy atom. The van der Waals surface area contributed by atoms with Crippen molar-refractivity contribution in [3.63, 3.8) is 0 Å². The molecule has 5 nitrogen and oxygen atoms in total. The van der Waals surface area contributed by atoms with Gasteiger partial charge in [0.1, 0.15) is 0 Å². The van der Waals surface area contributed by atoms with Crippen LogP contribution < -0.4 is 11.1 Å². The van der Waals surface area contributed by atoms with Gasteiger partial charge in [-0.2, -0.15) is 0 Å². The monoisotopic (exact) mass is 253 g/mol. The highest BCUT2D eigenvalue weighted by molar-refractivity contribution is 6.02. The molecule has 0 aromatic heterocycles. The molecular formula is C13H23N3O2. The third-order valence-electron chi connectivity index (χ3n) is 4.27. The van der Waals surface area contributed by atoms with Crippen molar-refractivity contribution < 1.29 is 9.59 Å². The Hall–Kier alpha value is -1.10. The molecule has 1 saturated heterocycles. The molecular weight excluding hydrogens is 230 g/mol. The van der Waals surface area contributed by atoms with Crippen LogP contribution in [-0.4, -0.2) is 36.0 Å². The number of urea groups is 1. The topological polar surface area (TPSA) is 75.4 Å². The molecule has 0 aromatic rings. The summed E-state index contributed by atoms with van der Waals surface area (Å²) in [6, 6.07) is -0.226. The number of amides is 3. The van der Waals surface area contributed by atoms with Crippen molar-refractivity contribution in [3.8, 4) is 0 Å². The summed E-state index contributed by atoms with van der Waals surface area (Å²) in [6.45, 7) is 2.88. The van der Waals surface area contributed by atoms with Crippen molar-refractivity contribution in [2.75, 3.05) is 13.1 Å². The highest BCUT2D eigenvalue weighted by Gasteiger charge is 2.41. The molecule has 5 heteroatoms. The number of nitrogens with two attached hydrogens (primary N) is 1. The van der Waals surface area contributed by atoms with Crippen LogP contribution in [0.1, 0.15) is 39.0 Å². The van der Waals surface area contributed by atoms with Crippen LogP contribution in [-0.2, 0) is 4.79 Å². The Balaban J connectivity index is 2.10. The largest absolute Gasteiger partial charge is 0.330 e. The summed E-state index contributed by atoms with van der Waals surface area (Å²) in [5.74, 6) is 0.801. The van der Waals surface area contributed by atoms with Crippen molar-refractivity contribution in [1.29, 1.82) is 0 Å². The van der Waals surface area contributed by atoms with Gasteiger partial charge in [-0.25, -0.2) is 4.79 Å². The minimum Gasteiger partial charge on any atom is -0.330 e. The second kappa shape index (κ2) is 5.69. The zero-order chi connectivity index (χ0) is 13.1. The van der Waals surface area contributed by atoms with Crippen molar-refractivity contribution in [2.45, 2.75) is 45.1 Å². The van der Waals surface area contributed by atoms with Gasteiger partial charge in [0, 0.05) is 6.04 Å². The van der Waals surface area contributed by atoms with Gasteiger partial charge in [0.05, 0.1) is 6.54 Å². The lowest BCUT2D eigenvalue weighted by molar-refractivity contribution is -0.128. The first kappa shape index (κ1) is 13.3. The number of carbonyl (C=O) groups excluding carboxylic acids is 2. The van der Waals surface area contributed by atoms with Gasteiger partial charge in [0.25, 0.3) is 0 Å². The number of hydrogen-bond donors (Lipinski definition) is 2. The van der Waals surface area contributed by atoms with E-state index in [4.69, 9.17) is 5.73 Å². The molecule has 1 heterocycles. The molecule has 102 valence electrons. The fourth-order valence-electron chi connectivity index (χ4n) is 3.33. The van der Waals surface area contributed by atoms with Gasteiger partial charge in [-0.15, -0.1) is 0 Å². The van der Waals surface area contributed by atoms with Gasteiger partial charge in [-0.1, -0.05) is 19.8 Å². The van der Waals surface area contributed by atoms with Gasteiger partial charge < -0.3 is 11.1 Å². The smallest absolute Gasteiger partial charge is 0.324 e. The summed E-state index contributed by atoms with van der Waals surface area (Å²) in [6.07, 6.45) is 5.47. The van der Waals surface area contributed by atoms with Crippen molar-refractivity contribution in [1.82, 2.24) is 10.2 Å². The van der Waals surface area contributed by atoms with Crippen molar-refractivity contribution >= 4 is 11.9 Å². The molecule has 2 fully saturated rings. The first-order valence-corrected chi connectivity index (χ1v) is 6.97. The van der Waals surface area contributed by atoms with Crippen molar-refractivity contribution in [3.05, 3.63) is 0 Å². The van der Waals surface area contributed by atoms with Gasteiger partial charge in [-0.05, 0) is 37.6 Å². The lowest BCUT2D eigenvalue weighted by Gasteiger charge is -2.39. The molecule has 18 heavy (non-hydrogen) atoms. The predicted molar refractivity (Wildman–Crippen MR) is 68.8 cm³/mol. The van der Waals surface area contributed by atoms with Crippen LogP contribution in [0.25, 0.3) is 0 Å². The summed E-state index contributed by atoms with van der Waals surface area (Å²) < 4.78 is 0. The van der Waals surface area contributed by atoms with Crippen LogP contribution >= 0.6 is 0 Å². The second-order valence-corrected chi connectivity index (χ2v) is 5.45. The first-order chi connectivity index (χ1) is 8.67. The van der Waals surface area contributed by atoms with E-state index in [9.17, 15) is 9.59 Å². The van der Waals surface area contributed by atoms with E-state index in [0.717, 1.165) is 19.3 Å². The van der Waals surface area contributed by atoms with Gasteiger partial charge in [-0.3, -0.25) is 9.69 Å². The molecule has 0 radical (unpaired) electrons. The molecule has 1 aliphatic carbocycles. The van der Waals surface area contributed by atoms with Crippen LogP contribution in [0.15, 0.2) is 0 Å². The Kier molecular flexibility index (Phi) is 4.22. The Morgan fingerprint density at radius 3 is 2.72 bits per heavy atom. The maximum Gasteiger partial charge on any atom is 0.324 e. The van der Waals surface area contributed by atoms with Crippen LogP contribution in [0, 0.1) is 11.8 Å². The summed E-state index contributed by atoms with van der Waals surface area (Å²) >= 11 is 0. The van der Waals surface area contributed by atoms with E-state index in [1.807, 2.05) is 0 Å². The Bertz CT molecular complexity index is 316. The SMILES string of the molecule is CCCC1CCC(CN)C(N2C(=O)CNC2=O)C1. The number of nitrogens with one attached hydrogen (secondary N) is 1. The number of rotatable bonds is 4. The molecule has 3 N–H and O–H groups in total. The molecule has 2 aliphatic rings. The van der Waals surface area contributed by atoms with Gasteiger partial charge in [0.15, 0.2) is 0 Å². The van der Waals surface area contributed by atoms with Crippen LogP contribution in [0.3, 0.4) is 0 Å². The van der Waals surface area contributed by atoms with Crippen LogP contribution in [0.2, 0.25) is 0 Å². The fraction of sp³-hybridized carbons (Fsp3) is 0.846. The van der Waals surface area contributed by atoms with E-state index in [-0.39, 0.29) is 30.4 Å². The highest BCUT2D eigenvalue weighted by Crippen LogP contribution is 2.35. The average Bonchev–Trinajstić information content (AvgIpc) is 2.69. The third-order valence-corrected chi connectivity index (χ3v) is 4.27. The van der Waals surface area contributed by atoms with E-state index in [1.165, 1.54) is 17.7 Å². The molecule has 3 atom stereocenters. The summed E-state index contributed by atoms with van der Waals surface area (Å²) in [7, 11) is 0. The quantitative estimate of drug-likeness (QED) is 0.736. The lowest BCUT2D eigenvalue weighted by Crippen LogP contribution is -2.49.